The minimum atomic E-state index is -0.158. The van der Waals surface area contributed by atoms with Crippen LogP contribution in [0.4, 0.5) is 5.69 Å². The average Bonchev–Trinajstić information content (AvgIpc) is 3.01. The summed E-state index contributed by atoms with van der Waals surface area (Å²) in [5, 5.41) is 5.71. The fraction of sp³-hybridized carbons (Fsp3) is 0.158. The number of thiazole rings is 1. The van der Waals surface area contributed by atoms with Crippen LogP contribution in [0.25, 0.3) is 0 Å². The number of carbonyl (C=O) groups is 1. The first-order valence-corrected chi connectivity index (χ1v) is 8.37. The van der Waals surface area contributed by atoms with Crippen LogP contribution in [0.3, 0.4) is 0 Å². The zero-order valence-electron chi connectivity index (χ0n) is 13.2. The molecule has 0 spiro atoms. The summed E-state index contributed by atoms with van der Waals surface area (Å²) in [5.41, 5.74) is 4.75. The Morgan fingerprint density at radius 1 is 1.09 bits per heavy atom. The first-order valence-electron chi connectivity index (χ1n) is 7.49. The summed E-state index contributed by atoms with van der Waals surface area (Å²) in [5.74, 6) is -0.158. The Morgan fingerprint density at radius 3 is 2.65 bits per heavy atom. The van der Waals surface area contributed by atoms with Crippen molar-refractivity contribution in [2.45, 2.75) is 20.3 Å². The maximum atomic E-state index is 12.4. The van der Waals surface area contributed by atoms with Gasteiger partial charge in [-0.1, -0.05) is 42.5 Å². The molecular formula is C19H18N2OS. The Hall–Kier alpha value is -2.46. The van der Waals surface area contributed by atoms with Gasteiger partial charge in [-0.3, -0.25) is 4.79 Å². The number of hydrogen-bond donors (Lipinski definition) is 1. The number of aromatic nitrogens is 1. The molecule has 1 aromatic heterocycles. The average molecular weight is 322 g/mol. The summed E-state index contributed by atoms with van der Waals surface area (Å²) in [6.45, 7) is 4.04. The fourth-order valence-corrected chi connectivity index (χ4v) is 3.15. The van der Waals surface area contributed by atoms with Crippen LogP contribution >= 0.6 is 11.3 Å². The molecule has 0 atom stereocenters. The third kappa shape index (κ3) is 3.66. The van der Waals surface area contributed by atoms with Gasteiger partial charge in [0.15, 0.2) is 0 Å². The Morgan fingerprint density at radius 2 is 1.87 bits per heavy atom. The van der Waals surface area contributed by atoms with E-state index in [4.69, 9.17) is 0 Å². The van der Waals surface area contributed by atoms with Crippen molar-refractivity contribution in [3.63, 3.8) is 0 Å². The predicted molar refractivity (Wildman–Crippen MR) is 95.2 cm³/mol. The van der Waals surface area contributed by atoms with Gasteiger partial charge in [0, 0.05) is 17.5 Å². The largest absolute Gasteiger partial charge is 0.320 e. The summed E-state index contributed by atoms with van der Waals surface area (Å²) in [6.07, 6.45) is 0.752. The van der Waals surface area contributed by atoms with Gasteiger partial charge in [-0.05, 0) is 36.6 Å². The molecule has 2 aromatic carbocycles. The van der Waals surface area contributed by atoms with Gasteiger partial charge in [-0.25, -0.2) is 4.98 Å². The number of nitrogens with zero attached hydrogens (tertiary/aromatic N) is 1. The summed E-state index contributed by atoms with van der Waals surface area (Å²) in [4.78, 5) is 16.8. The highest BCUT2D eigenvalue weighted by Gasteiger charge is 2.12. The van der Waals surface area contributed by atoms with E-state index in [0.29, 0.717) is 5.69 Å². The van der Waals surface area contributed by atoms with Crippen LogP contribution < -0.4 is 5.32 Å². The van der Waals surface area contributed by atoms with Crippen LogP contribution in [0.15, 0.2) is 53.9 Å². The summed E-state index contributed by atoms with van der Waals surface area (Å²) >= 11 is 1.52. The monoisotopic (exact) mass is 322 g/mol. The number of amides is 1. The second-order valence-corrected chi connectivity index (χ2v) is 6.43. The minimum absolute atomic E-state index is 0.158. The first-order chi connectivity index (χ1) is 11.1. The van der Waals surface area contributed by atoms with Crippen LogP contribution in [-0.2, 0) is 6.42 Å². The molecule has 3 aromatic rings. The maximum Gasteiger partial charge on any atom is 0.275 e. The summed E-state index contributed by atoms with van der Waals surface area (Å²) < 4.78 is 0. The number of hydrogen-bond acceptors (Lipinski definition) is 3. The quantitative estimate of drug-likeness (QED) is 0.762. The number of nitrogens with one attached hydrogen (secondary N) is 1. The van der Waals surface area contributed by atoms with Gasteiger partial charge < -0.3 is 5.32 Å². The van der Waals surface area contributed by atoms with Crippen LogP contribution in [0.2, 0.25) is 0 Å². The summed E-state index contributed by atoms with van der Waals surface area (Å²) in [6, 6.07) is 16.0. The Kier molecular flexibility index (Phi) is 4.53. The van der Waals surface area contributed by atoms with Crippen molar-refractivity contribution in [2.24, 2.45) is 0 Å². The highest BCUT2D eigenvalue weighted by molar-refractivity contribution is 7.09. The molecule has 0 aliphatic heterocycles. The fourth-order valence-electron chi connectivity index (χ4n) is 2.34. The van der Waals surface area contributed by atoms with Crippen molar-refractivity contribution < 1.29 is 4.79 Å². The molecule has 0 aliphatic rings. The molecule has 3 rings (SSSR count). The third-order valence-corrected chi connectivity index (χ3v) is 4.68. The number of carbonyl (C=O) groups excluding carboxylic acids is 1. The lowest BCUT2D eigenvalue weighted by Crippen LogP contribution is -2.13. The Balaban J connectivity index is 1.72. The molecular weight excluding hydrogens is 304 g/mol. The van der Waals surface area contributed by atoms with Crippen LogP contribution in [0.5, 0.6) is 0 Å². The van der Waals surface area contributed by atoms with Crippen molar-refractivity contribution in [1.29, 1.82) is 0 Å². The number of rotatable bonds is 4. The molecule has 0 fully saturated rings. The van der Waals surface area contributed by atoms with Crippen molar-refractivity contribution in [2.75, 3.05) is 5.32 Å². The molecule has 0 saturated heterocycles. The van der Waals surface area contributed by atoms with E-state index in [9.17, 15) is 4.79 Å². The molecule has 1 N–H and O–H groups in total. The second-order valence-electron chi connectivity index (χ2n) is 5.49. The molecule has 3 nitrogen and oxygen atoms in total. The van der Waals surface area contributed by atoms with Crippen LogP contribution in [-0.4, -0.2) is 10.9 Å². The SMILES string of the molecule is Cc1cccc(NC(=O)c2csc(Cc3ccccc3)n2)c1C. The smallest absolute Gasteiger partial charge is 0.275 e. The van der Waals surface area contributed by atoms with E-state index in [-0.39, 0.29) is 5.91 Å². The standard InChI is InChI=1S/C19H18N2OS/c1-13-7-6-10-16(14(13)2)21-19(22)17-12-23-18(20-17)11-15-8-4-3-5-9-15/h3-10,12H,11H2,1-2H3,(H,21,22). The topological polar surface area (TPSA) is 42.0 Å². The van der Waals surface area contributed by atoms with E-state index in [1.165, 1.54) is 16.9 Å². The molecule has 0 saturated carbocycles. The third-order valence-electron chi connectivity index (χ3n) is 3.84. The lowest BCUT2D eigenvalue weighted by atomic mass is 10.1. The van der Waals surface area contributed by atoms with Crippen molar-refractivity contribution >= 4 is 22.9 Å². The van der Waals surface area contributed by atoms with Gasteiger partial charge in [0.05, 0.1) is 5.01 Å². The van der Waals surface area contributed by atoms with Crippen LogP contribution in [0.1, 0.15) is 32.2 Å². The van der Waals surface area contributed by atoms with Gasteiger partial charge >= 0.3 is 0 Å². The van der Waals surface area contributed by atoms with Gasteiger partial charge in [-0.15, -0.1) is 11.3 Å². The molecule has 1 amide bonds. The van der Waals surface area contributed by atoms with E-state index in [1.54, 1.807) is 0 Å². The number of anilines is 1. The minimum Gasteiger partial charge on any atom is -0.320 e. The molecule has 116 valence electrons. The Bertz CT molecular complexity index is 824. The number of benzene rings is 2. The zero-order chi connectivity index (χ0) is 16.2. The lowest BCUT2D eigenvalue weighted by molar-refractivity contribution is 0.102. The summed E-state index contributed by atoms with van der Waals surface area (Å²) in [7, 11) is 0. The van der Waals surface area contributed by atoms with Crippen molar-refractivity contribution in [3.05, 3.63) is 81.3 Å². The van der Waals surface area contributed by atoms with Gasteiger partial charge in [0.25, 0.3) is 5.91 Å². The first kappa shape index (κ1) is 15.4. The highest BCUT2D eigenvalue weighted by atomic mass is 32.1. The maximum absolute atomic E-state index is 12.4. The van der Waals surface area contributed by atoms with Gasteiger partial charge in [0.1, 0.15) is 5.69 Å². The Labute approximate surface area is 140 Å². The molecule has 0 aliphatic carbocycles. The van der Waals surface area contributed by atoms with E-state index in [0.717, 1.165) is 28.2 Å². The zero-order valence-corrected chi connectivity index (χ0v) is 14.0. The lowest BCUT2D eigenvalue weighted by Gasteiger charge is -2.09. The van der Waals surface area contributed by atoms with Crippen LogP contribution in [0, 0.1) is 13.8 Å². The van der Waals surface area contributed by atoms with Gasteiger partial charge in [0.2, 0.25) is 0 Å². The molecule has 0 radical (unpaired) electrons. The molecule has 1 heterocycles. The van der Waals surface area contributed by atoms with E-state index in [2.05, 4.69) is 22.4 Å². The normalized spacial score (nSPS) is 10.5. The predicted octanol–water partition coefficient (Wildman–Crippen LogP) is 4.60. The molecule has 4 heteroatoms. The van der Waals surface area contributed by atoms with Gasteiger partial charge in [-0.2, -0.15) is 0 Å². The second kappa shape index (κ2) is 6.75. The van der Waals surface area contributed by atoms with E-state index >= 15 is 0 Å². The molecule has 23 heavy (non-hydrogen) atoms. The van der Waals surface area contributed by atoms with E-state index < -0.39 is 0 Å². The highest BCUT2D eigenvalue weighted by Crippen LogP contribution is 2.20. The van der Waals surface area contributed by atoms with Crippen molar-refractivity contribution in [1.82, 2.24) is 4.98 Å². The van der Waals surface area contributed by atoms with Crippen molar-refractivity contribution in [3.8, 4) is 0 Å². The molecule has 0 unspecified atom stereocenters. The molecule has 0 bridgehead atoms. The van der Waals surface area contributed by atoms with E-state index in [1.807, 2.05) is 55.6 Å². The number of aryl methyl sites for hydroxylation is 1.